The molecule has 0 saturated carbocycles. The van der Waals surface area contributed by atoms with Gasteiger partial charge in [0, 0.05) is 16.4 Å². The molecule has 2 heteroatoms. The van der Waals surface area contributed by atoms with Gasteiger partial charge in [-0.25, -0.2) is 4.98 Å². The predicted octanol–water partition coefficient (Wildman–Crippen LogP) is 13.8. The van der Waals surface area contributed by atoms with Crippen molar-refractivity contribution in [1.82, 2.24) is 9.55 Å². The number of fused-ring (bicyclic) bond motifs is 7. The van der Waals surface area contributed by atoms with Crippen molar-refractivity contribution < 1.29 is 20.6 Å². The number of imidazole rings is 1. The van der Waals surface area contributed by atoms with Gasteiger partial charge in [0.1, 0.15) is 5.82 Å². The highest BCUT2D eigenvalue weighted by Gasteiger charge is 2.35. The summed E-state index contributed by atoms with van der Waals surface area (Å²) in [7, 11) is 0. The van der Waals surface area contributed by atoms with Crippen LogP contribution in [0.4, 0.5) is 0 Å². The van der Waals surface area contributed by atoms with E-state index in [4.69, 9.17) is 16.0 Å². The van der Waals surface area contributed by atoms with E-state index in [1.54, 1.807) is 38.1 Å². The second kappa shape index (κ2) is 11.6. The van der Waals surface area contributed by atoms with Crippen molar-refractivity contribution in [3.05, 3.63) is 193 Å². The maximum absolute atomic E-state index is 9.95. The van der Waals surface area contributed by atoms with Crippen LogP contribution < -0.4 is 0 Å². The average molecular weight is 704 g/mol. The molecule has 0 atom stereocenters. The molecule has 0 fully saturated rings. The highest BCUT2D eigenvalue weighted by Crippen LogP contribution is 2.51. The summed E-state index contributed by atoms with van der Waals surface area (Å²) < 4.78 is 140. The fourth-order valence-electron chi connectivity index (χ4n) is 8.10. The standard InChI is InChI=1S/C52H36N2/c1-52(2)44-22-10-9-17-38(44)39-31-30-36(32-45(39)52)50-42-20-7-5-18-40(42)49(41-19-6-8-21-43(41)50)34-26-28-35(29-27-34)51-53-46-23-11-12-24-48(46)54(51)47-25-13-15-33-14-3-4-16-37(33)47/h3-32H,1-2H3/i5D,6D,7D,8D,9D,10D,17D,18D,19D,20D,21D,22D,30D,31D,32D. The van der Waals surface area contributed by atoms with E-state index in [1.807, 2.05) is 66.7 Å². The summed E-state index contributed by atoms with van der Waals surface area (Å²) >= 11 is 0. The molecule has 254 valence electrons. The molecule has 0 amide bonds. The predicted molar refractivity (Wildman–Crippen MR) is 227 cm³/mol. The van der Waals surface area contributed by atoms with Crippen LogP contribution in [0, 0.1) is 0 Å². The van der Waals surface area contributed by atoms with Gasteiger partial charge in [-0.15, -0.1) is 0 Å². The van der Waals surface area contributed by atoms with E-state index < -0.39 is 90.0 Å². The number of hydrogen-bond donors (Lipinski definition) is 0. The van der Waals surface area contributed by atoms with E-state index in [2.05, 4.69) is 4.57 Å². The molecular formula is C52H36N2. The molecule has 1 heterocycles. The molecule has 54 heavy (non-hydrogen) atoms. The Bertz CT molecular complexity index is 3900. The average Bonchev–Trinajstić information content (AvgIpc) is 3.86. The lowest BCUT2D eigenvalue weighted by Crippen LogP contribution is -2.14. The van der Waals surface area contributed by atoms with Crippen molar-refractivity contribution in [3.63, 3.8) is 0 Å². The van der Waals surface area contributed by atoms with Gasteiger partial charge in [0.05, 0.1) is 37.3 Å². The zero-order chi connectivity index (χ0) is 49.0. The number of hydrogen-bond acceptors (Lipinski definition) is 1. The lowest BCUT2D eigenvalue weighted by atomic mass is 9.80. The summed E-state index contributed by atoms with van der Waals surface area (Å²) in [6, 6.07) is 20.4. The molecule has 0 N–H and O–H groups in total. The molecule has 1 aliphatic carbocycles. The summed E-state index contributed by atoms with van der Waals surface area (Å²) in [5.74, 6) is 0.597. The van der Waals surface area contributed by atoms with E-state index in [9.17, 15) is 9.60 Å². The van der Waals surface area contributed by atoms with E-state index in [1.165, 1.54) is 0 Å². The minimum absolute atomic E-state index is 0.0235. The number of rotatable bonds is 4. The van der Waals surface area contributed by atoms with Gasteiger partial charge in [-0.2, -0.15) is 0 Å². The Morgan fingerprint density at radius 3 is 1.85 bits per heavy atom. The van der Waals surface area contributed by atoms with Crippen LogP contribution >= 0.6 is 0 Å². The van der Waals surface area contributed by atoms with Gasteiger partial charge >= 0.3 is 0 Å². The second-order valence-corrected chi connectivity index (χ2v) is 14.0. The van der Waals surface area contributed by atoms with Gasteiger partial charge in [-0.3, -0.25) is 4.57 Å². The Hall–Kier alpha value is -6.77. The van der Waals surface area contributed by atoms with Crippen LogP contribution in [-0.4, -0.2) is 9.55 Å². The molecular weight excluding hydrogens is 653 g/mol. The van der Waals surface area contributed by atoms with Crippen molar-refractivity contribution >= 4 is 43.4 Å². The Morgan fingerprint density at radius 2 is 1.09 bits per heavy atom. The molecule has 0 spiro atoms. The topological polar surface area (TPSA) is 17.8 Å². The van der Waals surface area contributed by atoms with Gasteiger partial charge in [0.2, 0.25) is 0 Å². The van der Waals surface area contributed by atoms with E-state index in [0.717, 1.165) is 27.5 Å². The molecule has 1 aromatic heterocycles. The maximum atomic E-state index is 9.95. The number of para-hydroxylation sites is 2. The van der Waals surface area contributed by atoms with E-state index >= 15 is 0 Å². The van der Waals surface area contributed by atoms with Crippen LogP contribution in [0.25, 0.3) is 93.8 Å². The van der Waals surface area contributed by atoms with Gasteiger partial charge in [0.25, 0.3) is 0 Å². The van der Waals surface area contributed by atoms with Crippen molar-refractivity contribution in [2.45, 2.75) is 19.3 Å². The van der Waals surface area contributed by atoms with Crippen LogP contribution in [0.3, 0.4) is 0 Å². The zero-order valence-corrected chi connectivity index (χ0v) is 29.1. The van der Waals surface area contributed by atoms with Crippen molar-refractivity contribution in [2.24, 2.45) is 0 Å². The van der Waals surface area contributed by atoms with Crippen molar-refractivity contribution in [3.8, 4) is 50.5 Å². The molecule has 9 aromatic carbocycles. The van der Waals surface area contributed by atoms with Gasteiger partial charge in [-0.1, -0.05) is 171 Å². The smallest absolute Gasteiger partial charge is 0.145 e. The lowest BCUT2D eigenvalue weighted by Gasteiger charge is -2.23. The van der Waals surface area contributed by atoms with Crippen molar-refractivity contribution in [2.75, 3.05) is 0 Å². The van der Waals surface area contributed by atoms with Gasteiger partial charge in [-0.05, 0) is 95.7 Å². The molecule has 1 aliphatic rings. The Balaban J connectivity index is 1.25. The summed E-state index contributed by atoms with van der Waals surface area (Å²) in [5, 5.41) is 1.26. The minimum Gasteiger partial charge on any atom is -0.292 e. The zero-order valence-electron chi connectivity index (χ0n) is 44.1. The normalized spacial score (nSPS) is 17.0. The highest BCUT2D eigenvalue weighted by atomic mass is 15.1. The first-order chi connectivity index (χ1) is 32.8. The summed E-state index contributed by atoms with van der Waals surface area (Å²) in [4.78, 5) is 5.07. The van der Waals surface area contributed by atoms with E-state index in [-0.39, 0.29) is 66.5 Å². The Labute approximate surface area is 335 Å². The first-order valence-corrected chi connectivity index (χ1v) is 17.6. The van der Waals surface area contributed by atoms with Crippen LogP contribution in [0.2, 0.25) is 0 Å². The number of nitrogens with zero attached hydrogens (tertiary/aromatic N) is 2. The highest BCUT2D eigenvalue weighted by molar-refractivity contribution is 6.21. The SMILES string of the molecule is [2H]c1c([2H])c([2H])c2c(c1[2H])-c1c([2H])c([2H])c(-c3c4c([2H])c([2H])c([2H])c([2H])c4c(-c4ccc(-c5nc6ccccc6n5-c5cccc6ccccc56)cc4)c4c([2H])c([2H])c([2H])c([2H])c34)c([2H])c1C2(C)C. The Morgan fingerprint density at radius 1 is 0.500 bits per heavy atom. The third-order valence-corrected chi connectivity index (χ3v) is 10.6. The first-order valence-electron chi connectivity index (χ1n) is 25.1. The summed E-state index contributed by atoms with van der Waals surface area (Å²) in [6.07, 6.45) is 0. The molecule has 11 rings (SSSR count). The molecule has 0 unspecified atom stereocenters. The van der Waals surface area contributed by atoms with Crippen LogP contribution in [0.1, 0.15) is 45.5 Å². The van der Waals surface area contributed by atoms with Gasteiger partial charge in [0.15, 0.2) is 0 Å². The molecule has 2 nitrogen and oxygen atoms in total. The molecule has 0 saturated heterocycles. The summed E-state index contributed by atoms with van der Waals surface area (Å²) in [5.41, 5.74) is 1.65. The quantitative estimate of drug-likeness (QED) is 0.167. The number of benzene rings is 9. The molecule has 0 aliphatic heterocycles. The first kappa shape index (κ1) is 19.3. The van der Waals surface area contributed by atoms with Crippen molar-refractivity contribution in [1.29, 1.82) is 0 Å². The molecule has 0 bridgehead atoms. The number of aromatic nitrogens is 2. The van der Waals surface area contributed by atoms with Crippen LogP contribution in [0.15, 0.2) is 182 Å². The molecule has 10 aromatic rings. The largest absolute Gasteiger partial charge is 0.292 e. The maximum Gasteiger partial charge on any atom is 0.145 e. The molecule has 0 radical (unpaired) electrons. The fourth-order valence-corrected chi connectivity index (χ4v) is 8.10. The fraction of sp³-hybridized carbons (Fsp3) is 0.0577. The van der Waals surface area contributed by atoms with Gasteiger partial charge < -0.3 is 0 Å². The second-order valence-electron chi connectivity index (χ2n) is 14.0. The third kappa shape index (κ3) is 4.44. The van der Waals surface area contributed by atoms with Crippen LogP contribution in [0.5, 0.6) is 0 Å². The van der Waals surface area contributed by atoms with E-state index in [0.29, 0.717) is 17.0 Å². The monoisotopic (exact) mass is 703 g/mol. The lowest BCUT2D eigenvalue weighted by molar-refractivity contribution is 0.660. The third-order valence-electron chi connectivity index (χ3n) is 10.6. The minimum atomic E-state index is -1.36. The Kier molecular flexibility index (Phi) is 4.16. The summed E-state index contributed by atoms with van der Waals surface area (Å²) in [6.45, 7) is 3.28. The van der Waals surface area contributed by atoms with Crippen LogP contribution in [-0.2, 0) is 5.41 Å².